The molecule has 134 valence electrons. The molecule has 0 spiro atoms. The summed E-state index contributed by atoms with van der Waals surface area (Å²) in [5.41, 5.74) is 3.44. The molecular weight excluding hydrogens is 376 g/mol. The highest BCUT2D eigenvalue weighted by molar-refractivity contribution is 7.21. The predicted molar refractivity (Wildman–Crippen MR) is 113 cm³/mol. The van der Waals surface area contributed by atoms with Crippen molar-refractivity contribution < 1.29 is 4.79 Å². The van der Waals surface area contributed by atoms with Crippen LogP contribution in [0, 0.1) is 6.92 Å². The van der Waals surface area contributed by atoms with E-state index in [1.807, 2.05) is 18.2 Å². The molecule has 0 bridgehead atoms. The summed E-state index contributed by atoms with van der Waals surface area (Å²) >= 11 is 7.51. The number of thiophene rings is 1. The van der Waals surface area contributed by atoms with E-state index >= 15 is 0 Å². The van der Waals surface area contributed by atoms with Crippen molar-refractivity contribution in [2.45, 2.75) is 13.3 Å². The molecule has 27 heavy (non-hydrogen) atoms. The summed E-state index contributed by atoms with van der Waals surface area (Å²) in [4.78, 5) is 17.9. The number of halogens is 1. The van der Waals surface area contributed by atoms with Gasteiger partial charge in [0.1, 0.15) is 5.82 Å². The third kappa shape index (κ3) is 3.87. The number of pyridine rings is 1. The van der Waals surface area contributed by atoms with Gasteiger partial charge in [0.15, 0.2) is 0 Å². The largest absolute Gasteiger partial charge is 0.306 e. The average molecular weight is 393 g/mol. The van der Waals surface area contributed by atoms with E-state index in [9.17, 15) is 4.79 Å². The van der Waals surface area contributed by atoms with Crippen LogP contribution in [0.25, 0.3) is 10.1 Å². The summed E-state index contributed by atoms with van der Waals surface area (Å²) in [6, 6.07) is 19.9. The SMILES string of the molecule is Cc1ccc(Cc2c(C(=O)Nc3cc(Cl)ccn3)sc3ccccc23)cc1. The molecule has 2 aromatic carbocycles. The van der Waals surface area contributed by atoms with Crippen LogP contribution in [0.1, 0.15) is 26.4 Å². The minimum Gasteiger partial charge on any atom is -0.306 e. The normalized spacial score (nSPS) is 10.9. The molecular formula is C22H17ClN2OS. The molecule has 0 aliphatic rings. The molecule has 0 atom stereocenters. The second-order valence-electron chi connectivity index (χ2n) is 6.38. The third-order valence-corrected chi connectivity index (χ3v) is 5.82. The molecule has 4 aromatic rings. The molecule has 4 rings (SSSR count). The molecule has 5 heteroatoms. The van der Waals surface area contributed by atoms with E-state index < -0.39 is 0 Å². The molecule has 2 heterocycles. The third-order valence-electron chi connectivity index (χ3n) is 4.37. The Labute approximate surface area is 166 Å². The Morgan fingerprint density at radius 2 is 1.89 bits per heavy atom. The summed E-state index contributed by atoms with van der Waals surface area (Å²) in [5, 5.41) is 4.53. The van der Waals surface area contributed by atoms with Crippen LogP contribution < -0.4 is 5.32 Å². The number of nitrogens with one attached hydrogen (secondary N) is 1. The highest BCUT2D eigenvalue weighted by Crippen LogP contribution is 2.33. The Morgan fingerprint density at radius 3 is 2.67 bits per heavy atom. The average Bonchev–Trinajstić information content (AvgIpc) is 3.02. The number of anilines is 1. The first-order valence-corrected chi connectivity index (χ1v) is 9.78. The van der Waals surface area contributed by atoms with Crippen molar-refractivity contribution >= 4 is 44.7 Å². The Kier molecular flexibility index (Phi) is 4.92. The molecule has 0 radical (unpaired) electrons. The van der Waals surface area contributed by atoms with Crippen LogP contribution >= 0.6 is 22.9 Å². The van der Waals surface area contributed by atoms with Crippen LogP contribution in [0.5, 0.6) is 0 Å². The van der Waals surface area contributed by atoms with Crippen molar-refractivity contribution in [3.05, 3.63) is 93.5 Å². The number of carbonyl (C=O) groups is 1. The number of amides is 1. The minimum atomic E-state index is -0.159. The lowest BCUT2D eigenvalue weighted by Gasteiger charge is -2.07. The van der Waals surface area contributed by atoms with Gasteiger partial charge >= 0.3 is 0 Å². The molecule has 3 nitrogen and oxygen atoms in total. The number of benzene rings is 2. The van der Waals surface area contributed by atoms with Gasteiger partial charge in [0.25, 0.3) is 5.91 Å². The van der Waals surface area contributed by atoms with Gasteiger partial charge in [-0.05, 0) is 48.1 Å². The fourth-order valence-corrected chi connectivity index (χ4v) is 4.29. The molecule has 0 unspecified atom stereocenters. The molecule has 0 aliphatic heterocycles. The summed E-state index contributed by atoms with van der Waals surface area (Å²) in [6.07, 6.45) is 2.28. The first-order valence-electron chi connectivity index (χ1n) is 8.59. The molecule has 1 amide bonds. The van der Waals surface area contributed by atoms with E-state index in [0.717, 1.165) is 15.6 Å². The molecule has 1 N–H and O–H groups in total. The van der Waals surface area contributed by atoms with Gasteiger partial charge in [0, 0.05) is 15.9 Å². The lowest BCUT2D eigenvalue weighted by atomic mass is 10.0. The van der Waals surface area contributed by atoms with Crippen LogP contribution in [-0.4, -0.2) is 10.9 Å². The van der Waals surface area contributed by atoms with Gasteiger partial charge in [-0.15, -0.1) is 11.3 Å². The van der Waals surface area contributed by atoms with E-state index in [1.165, 1.54) is 22.5 Å². The van der Waals surface area contributed by atoms with Crippen LogP contribution in [0.3, 0.4) is 0 Å². The minimum absolute atomic E-state index is 0.159. The maximum Gasteiger partial charge on any atom is 0.267 e. The maximum absolute atomic E-state index is 13.0. The molecule has 0 aliphatic carbocycles. The van der Waals surface area contributed by atoms with E-state index in [4.69, 9.17) is 11.6 Å². The van der Waals surface area contributed by atoms with Crippen molar-refractivity contribution in [2.75, 3.05) is 5.32 Å². The van der Waals surface area contributed by atoms with Gasteiger partial charge in [0.2, 0.25) is 0 Å². The standard InChI is InChI=1S/C22H17ClN2OS/c1-14-6-8-15(9-7-14)12-18-17-4-2-3-5-19(17)27-21(18)22(26)25-20-13-16(23)10-11-24-20/h2-11,13H,12H2,1H3,(H,24,25,26). The highest BCUT2D eigenvalue weighted by Gasteiger charge is 2.19. The van der Waals surface area contributed by atoms with Gasteiger partial charge in [-0.25, -0.2) is 4.98 Å². The Bertz CT molecular complexity index is 1120. The van der Waals surface area contributed by atoms with Gasteiger partial charge in [-0.1, -0.05) is 59.6 Å². The highest BCUT2D eigenvalue weighted by atomic mass is 35.5. The van der Waals surface area contributed by atoms with Gasteiger partial charge < -0.3 is 5.32 Å². The summed E-state index contributed by atoms with van der Waals surface area (Å²) in [7, 11) is 0. The number of hydrogen-bond donors (Lipinski definition) is 1. The van der Waals surface area contributed by atoms with Crippen molar-refractivity contribution in [3.8, 4) is 0 Å². The summed E-state index contributed by atoms with van der Waals surface area (Å²) in [5.74, 6) is 0.291. The number of aryl methyl sites for hydroxylation is 1. The monoisotopic (exact) mass is 392 g/mol. The fourth-order valence-electron chi connectivity index (χ4n) is 3.01. The number of hydrogen-bond acceptors (Lipinski definition) is 3. The van der Waals surface area contributed by atoms with Crippen LogP contribution in [0.15, 0.2) is 66.9 Å². The number of fused-ring (bicyclic) bond motifs is 1. The summed E-state index contributed by atoms with van der Waals surface area (Å²) < 4.78 is 1.10. The second kappa shape index (κ2) is 7.51. The zero-order valence-corrected chi connectivity index (χ0v) is 16.3. The zero-order chi connectivity index (χ0) is 18.8. The fraction of sp³-hybridized carbons (Fsp3) is 0.0909. The van der Waals surface area contributed by atoms with Crippen LogP contribution in [0.4, 0.5) is 5.82 Å². The number of rotatable bonds is 4. The van der Waals surface area contributed by atoms with Crippen molar-refractivity contribution in [1.82, 2.24) is 4.98 Å². The van der Waals surface area contributed by atoms with Crippen molar-refractivity contribution in [3.63, 3.8) is 0 Å². The Morgan fingerprint density at radius 1 is 1.11 bits per heavy atom. The van der Waals surface area contributed by atoms with E-state index in [1.54, 1.807) is 18.3 Å². The lowest BCUT2D eigenvalue weighted by Crippen LogP contribution is -2.13. The molecule has 0 saturated carbocycles. The molecule has 0 fully saturated rings. The topological polar surface area (TPSA) is 42.0 Å². The first kappa shape index (κ1) is 17.7. The second-order valence-corrected chi connectivity index (χ2v) is 7.87. The number of carbonyl (C=O) groups excluding carboxylic acids is 1. The molecule has 2 aromatic heterocycles. The molecule has 0 saturated heterocycles. The summed E-state index contributed by atoms with van der Waals surface area (Å²) in [6.45, 7) is 2.07. The van der Waals surface area contributed by atoms with E-state index in [-0.39, 0.29) is 5.91 Å². The predicted octanol–water partition coefficient (Wildman–Crippen LogP) is 6.10. The number of nitrogens with zero attached hydrogens (tertiary/aromatic N) is 1. The van der Waals surface area contributed by atoms with Crippen molar-refractivity contribution in [2.24, 2.45) is 0 Å². The van der Waals surface area contributed by atoms with Gasteiger partial charge in [-0.2, -0.15) is 0 Å². The van der Waals surface area contributed by atoms with E-state index in [2.05, 4.69) is 47.6 Å². The Hall–Kier alpha value is -2.69. The number of aromatic nitrogens is 1. The maximum atomic E-state index is 13.0. The van der Waals surface area contributed by atoms with E-state index in [0.29, 0.717) is 22.1 Å². The van der Waals surface area contributed by atoms with Crippen LogP contribution in [-0.2, 0) is 6.42 Å². The van der Waals surface area contributed by atoms with Gasteiger partial charge in [-0.3, -0.25) is 4.79 Å². The zero-order valence-electron chi connectivity index (χ0n) is 14.7. The van der Waals surface area contributed by atoms with Crippen molar-refractivity contribution in [1.29, 1.82) is 0 Å². The smallest absolute Gasteiger partial charge is 0.267 e. The van der Waals surface area contributed by atoms with Gasteiger partial charge in [0.05, 0.1) is 4.88 Å². The first-order chi connectivity index (χ1) is 13.1. The quantitative estimate of drug-likeness (QED) is 0.455. The Balaban J connectivity index is 1.73. The van der Waals surface area contributed by atoms with Crippen LogP contribution in [0.2, 0.25) is 5.02 Å². The lowest BCUT2D eigenvalue weighted by molar-refractivity contribution is 0.102.